The minimum atomic E-state index is -0.683. The third-order valence-corrected chi connectivity index (χ3v) is 6.80. The summed E-state index contributed by atoms with van der Waals surface area (Å²) < 4.78 is 25.9. The number of carbonyl (C=O) groups is 1. The normalized spacial score (nSPS) is 18.0. The number of aldehydes is 1. The second kappa shape index (κ2) is 20.3. The number of aliphatic hydroxyl groups is 1. The molecule has 3 unspecified atom stereocenters. The molecule has 1 N–H and O–H groups in total. The van der Waals surface area contributed by atoms with Crippen LogP contribution in [0.1, 0.15) is 66.4 Å². The van der Waals surface area contributed by atoms with E-state index in [9.17, 15) is 9.90 Å². The second-order valence-corrected chi connectivity index (χ2v) is 10.0. The summed E-state index contributed by atoms with van der Waals surface area (Å²) in [4.78, 5) is 17.8. The Labute approximate surface area is 285 Å². The van der Waals surface area contributed by atoms with Crippen LogP contribution in [0.3, 0.4) is 0 Å². The molecule has 2 saturated heterocycles. The molecule has 0 bridgehead atoms. The Hall–Kier alpha value is -2.74. The maximum Gasteiger partial charge on any atom is 2.00 e. The number of nitrogens with zero attached hydrogens (tertiary/aromatic N) is 4. The van der Waals surface area contributed by atoms with Gasteiger partial charge in [-0.15, -0.1) is 12.1 Å². The second-order valence-electron chi connectivity index (χ2n) is 10.0. The van der Waals surface area contributed by atoms with Gasteiger partial charge in [0.15, 0.2) is 18.9 Å². The summed E-state index contributed by atoms with van der Waals surface area (Å²) >= 11 is 0. The first-order chi connectivity index (χ1) is 20.5. The van der Waals surface area contributed by atoms with Crippen LogP contribution < -0.4 is 26.5 Å². The van der Waals surface area contributed by atoms with Gasteiger partial charge in [-0.1, -0.05) is 12.1 Å². The number of benzene rings is 2. The van der Waals surface area contributed by atoms with Crippen molar-refractivity contribution < 1.29 is 45.8 Å². The Bertz CT molecular complexity index is 1330. The molecule has 0 radical (unpaired) electrons. The van der Waals surface area contributed by atoms with Gasteiger partial charge in [-0.2, -0.15) is 18.2 Å². The van der Waals surface area contributed by atoms with Crippen molar-refractivity contribution in [3.63, 3.8) is 0 Å². The molecule has 10 nitrogen and oxygen atoms in total. The van der Waals surface area contributed by atoms with E-state index in [-0.39, 0.29) is 52.6 Å². The number of ether oxygens (including phenoxy) is 4. The molecule has 12 heteroatoms. The summed E-state index contributed by atoms with van der Waals surface area (Å²) in [7, 11) is 3.64. The van der Waals surface area contributed by atoms with Crippen molar-refractivity contribution in [3.8, 4) is 11.5 Å². The van der Waals surface area contributed by atoms with E-state index in [1.54, 1.807) is 30.5 Å². The van der Waals surface area contributed by atoms with E-state index in [4.69, 9.17) is 18.9 Å². The SMILES string of the molecule is Cn1cncc1C(O)c1ccc(OC2CCCCO2)cc1.Cn1cncc1C=O.[Br-].[Mg+2].[c-]1ccc(OC2CCCCO2)cc1. The molecule has 0 saturated carbocycles. The first kappa shape index (κ1) is 37.4. The molecule has 4 aromatic rings. The Morgan fingerprint density at radius 2 is 1.41 bits per heavy atom. The molecule has 4 heterocycles. The van der Waals surface area contributed by atoms with E-state index < -0.39 is 6.10 Å². The van der Waals surface area contributed by atoms with Crippen LogP contribution in [0.2, 0.25) is 0 Å². The summed E-state index contributed by atoms with van der Waals surface area (Å²) in [5.74, 6) is 1.63. The third-order valence-electron chi connectivity index (χ3n) is 6.80. The zero-order valence-electron chi connectivity index (χ0n) is 25.3. The molecule has 6 rings (SSSR count). The minimum absolute atomic E-state index is 0. The topological polar surface area (TPSA) is 110 Å². The fourth-order valence-corrected chi connectivity index (χ4v) is 4.37. The van der Waals surface area contributed by atoms with E-state index in [1.165, 1.54) is 12.6 Å². The van der Waals surface area contributed by atoms with Gasteiger partial charge in [-0.05, 0) is 43.4 Å². The molecule has 3 atom stereocenters. The predicted octanol–water partition coefficient (Wildman–Crippen LogP) is 1.66. The standard InChI is InChI=1S/C16H20N2O3.C11H13O2.C5H6N2O.BrH.Mg/c1-18-11-17-10-14(18)16(19)12-5-7-13(8-6-12)21-15-4-2-3-9-20-15;1-2-6-10(7-3-1)13-11-8-4-5-9-12-11;1-7-4-6-2-5(7)3-8;;/h5-8,10-11,15-16,19H,2-4,9H2,1H3;2-3,6-7,11H,4-5,8-9H2;2-4H,1H3;1H;/q;-1;;;+2/p-1. The van der Waals surface area contributed by atoms with Gasteiger partial charge in [0, 0.05) is 32.7 Å². The molecule has 0 spiro atoms. The maximum atomic E-state index is 10.3. The van der Waals surface area contributed by atoms with Gasteiger partial charge in [-0.25, -0.2) is 9.97 Å². The number of hydrogen-bond donors (Lipinski definition) is 1. The van der Waals surface area contributed by atoms with Crippen molar-refractivity contribution in [1.29, 1.82) is 0 Å². The molecule has 2 aliphatic rings. The quantitative estimate of drug-likeness (QED) is 0.179. The van der Waals surface area contributed by atoms with Crippen molar-refractivity contribution in [3.05, 3.63) is 96.6 Å². The first-order valence-electron chi connectivity index (χ1n) is 14.2. The number of halogens is 1. The van der Waals surface area contributed by atoms with Crippen LogP contribution in [-0.2, 0) is 23.6 Å². The van der Waals surface area contributed by atoms with E-state index >= 15 is 0 Å². The average molecular weight is 680 g/mol. The summed E-state index contributed by atoms with van der Waals surface area (Å²) in [6, 6.07) is 17.9. The van der Waals surface area contributed by atoms with Crippen LogP contribution in [0.15, 0.2) is 73.6 Å². The van der Waals surface area contributed by atoms with Crippen molar-refractivity contribution in [2.24, 2.45) is 14.1 Å². The summed E-state index contributed by atoms with van der Waals surface area (Å²) in [6.07, 6.45) is 12.9. The van der Waals surface area contributed by atoms with E-state index in [0.717, 1.165) is 74.4 Å². The Balaban J connectivity index is 0.000000251. The molecule has 0 aliphatic carbocycles. The largest absolute Gasteiger partial charge is 2.00 e. The van der Waals surface area contributed by atoms with E-state index in [0.29, 0.717) is 5.69 Å². The van der Waals surface area contributed by atoms with Crippen LogP contribution in [0, 0.1) is 6.07 Å². The maximum absolute atomic E-state index is 10.3. The number of rotatable bonds is 7. The van der Waals surface area contributed by atoms with Gasteiger partial charge in [0.2, 0.25) is 0 Å². The Kier molecular flexibility index (Phi) is 17.3. The number of carbonyl (C=O) groups excluding carboxylic acids is 1. The van der Waals surface area contributed by atoms with E-state index in [1.807, 2.05) is 60.1 Å². The van der Waals surface area contributed by atoms with Gasteiger partial charge < -0.3 is 50.2 Å². The molecule has 2 fully saturated rings. The fraction of sp³-hybridized carbons (Fsp3) is 0.406. The van der Waals surface area contributed by atoms with Crippen LogP contribution in [0.4, 0.5) is 0 Å². The average Bonchev–Trinajstić information content (AvgIpc) is 3.66. The van der Waals surface area contributed by atoms with Gasteiger partial charge in [-0.3, -0.25) is 4.79 Å². The summed E-state index contributed by atoms with van der Waals surface area (Å²) in [5.41, 5.74) is 2.18. The summed E-state index contributed by atoms with van der Waals surface area (Å²) in [6.45, 7) is 1.59. The van der Waals surface area contributed by atoms with Crippen LogP contribution >= 0.6 is 0 Å². The Morgan fingerprint density at radius 1 is 0.864 bits per heavy atom. The molecular formula is C32H39BrMgN4O6. The van der Waals surface area contributed by atoms with Crippen molar-refractivity contribution >= 4 is 29.3 Å². The zero-order valence-corrected chi connectivity index (χ0v) is 28.3. The van der Waals surface area contributed by atoms with Crippen LogP contribution in [0.25, 0.3) is 0 Å². The summed E-state index contributed by atoms with van der Waals surface area (Å²) in [5, 5.41) is 10.3. The monoisotopic (exact) mass is 678 g/mol. The van der Waals surface area contributed by atoms with Crippen molar-refractivity contribution in [2.75, 3.05) is 13.2 Å². The van der Waals surface area contributed by atoms with Gasteiger partial charge in [0.1, 0.15) is 17.5 Å². The third kappa shape index (κ3) is 12.0. The minimum Gasteiger partial charge on any atom is -1.00 e. The Morgan fingerprint density at radius 3 is 1.84 bits per heavy atom. The number of aryl methyl sites for hydroxylation is 2. The van der Waals surface area contributed by atoms with Crippen LogP contribution in [-0.4, -0.2) is 79.3 Å². The number of aromatic nitrogens is 4. The molecule has 0 amide bonds. The molecule has 44 heavy (non-hydrogen) atoms. The molecule has 232 valence electrons. The van der Waals surface area contributed by atoms with Crippen LogP contribution in [0.5, 0.6) is 11.5 Å². The smallest absolute Gasteiger partial charge is 1.00 e. The van der Waals surface area contributed by atoms with Crippen molar-refractivity contribution in [1.82, 2.24) is 19.1 Å². The number of imidazole rings is 2. The predicted molar refractivity (Wildman–Crippen MR) is 162 cm³/mol. The van der Waals surface area contributed by atoms with Crippen molar-refractivity contribution in [2.45, 2.75) is 57.2 Å². The number of aliphatic hydroxyl groups excluding tert-OH is 1. The first-order valence-corrected chi connectivity index (χ1v) is 14.2. The molecule has 2 aliphatic heterocycles. The van der Waals surface area contributed by atoms with E-state index in [2.05, 4.69) is 16.0 Å². The molecular weight excluding hydrogens is 641 g/mol. The van der Waals surface area contributed by atoms with Gasteiger partial charge in [0.05, 0.1) is 44.0 Å². The molecule has 2 aromatic carbocycles. The van der Waals surface area contributed by atoms with Gasteiger partial charge in [0.25, 0.3) is 0 Å². The zero-order chi connectivity index (χ0) is 29.6. The van der Waals surface area contributed by atoms with Gasteiger partial charge >= 0.3 is 23.1 Å². The number of hydrogen-bond acceptors (Lipinski definition) is 8. The molecule has 2 aromatic heterocycles. The fourth-order valence-electron chi connectivity index (χ4n) is 4.37.